The van der Waals surface area contributed by atoms with Crippen LogP contribution >= 0.6 is 0 Å². The molecule has 2 aromatic heterocycles. The van der Waals surface area contributed by atoms with Crippen LogP contribution in [-0.4, -0.2) is 43.2 Å². The zero-order valence-corrected chi connectivity index (χ0v) is 21.3. The monoisotopic (exact) mass is 511 g/mol. The molecule has 0 spiro atoms. The Morgan fingerprint density at radius 1 is 0.947 bits per heavy atom. The maximum atomic E-state index is 6.08. The van der Waals surface area contributed by atoms with Gasteiger partial charge in [-0.3, -0.25) is 0 Å². The van der Waals surface area contributed by atoms with Gasteiger partial charge in [-0.05, 0) is 53.6 Å². The third-order valence-corrected chi connectivity index (χ3v) is 5.88. The van der Waals surface area contributed by atoms with Crippen LogP contribution in [0.15, 0.2) is 76.3 Å². The van der Waals surface area contributed by atoms with E-state index in [2.05, 4.69) is 30.9 Å². The van der Waals surface area contributed by atoms with Gasteiger partial charge in [-0.2, -0.15) is 0 Å². The van der Waals surface area contributed by atoms with Gasteiger partial charge in [0.1, 0.15) is 17.2 Å². The van der Waals surface area contributed by atoms with Crippen LogP contribution in [0.3, 0.4) is 0 Å². The second-order valence-corrected chi connectivity index (χ2v) is 8.37. The minimum absolute atomic E-state index is 0.0508. The number of ether oxygens (including phenoxy) is 2. The Morgan fingerprint density at radius 3 is 2.55 bits per heavy atom. The van der Waals surface area contributed by atoms with Crippen LogP contribution in [0.4, 0.5) is 0 Å². The van der Waals surface area contributed by atoms with E-state index in [1.165, 1.54) is 4.68 Å². The van der Waals surface area contributed by atoms with Crippen LogP contribution < -0.4 is 9.47 Å². The fourth-order valence-corrected chi connectivity index (χ4v) is 3.69. The molecule has 0 aliphatic heterocycles. The SMILES string of the molecule is COc1cc(Oc2cccc(C)c2C)ccc1-c1nnc(CO/N=C(/c2ccccc2)c2nnnn2C)o1. The summed E-state index contributed by atoms with van der Waals surface area (Å²) in [4.78, 5) is 5.56. The van der Waals surface area contributed by atoms with E-state index in [0.29, 0.717) is 28.6 Å². The van der Waals surface area contributed by atoms with Gasteiger partial charge >= 0.3 is 0 Å². The van der Waals surface area contributed by atoms with Crippen molar-refractivity contribution in [3.63, 3.8) is 0 Å². The molecule has 0 N–H and O–H groups in total. The third-order valence-electron chi connectivity index (χ3n) is 5.88. The first-order valence-electron chi connectivity index (χ1n) is 11.8. The van der Waals surface area contributed by atoms with E-state index in [-0.39, 0.29) is 18.4 Å². The molecular weight excluding hydrogens is 486 g/mol. The van der Waals surface area contributed by atoms with E-state index in [0.717, 1.165) is 22.4 Å². The highest BCUT2D eigenvalue weighted by molar-refractivity contribution is 6.10. The average molecular weight is 512 g/mol. The number of oxime groups is 1. The molecule has 0 aliphatic carbocycles. The number of aromatic nitrogens is 6. The number of methoxy groups -OCH3 is 1. The highest BCUT2D eigenvalue weighted by Crippen LogP contribution is 2.35. The van der Waals surface area contributed by atoms with Crippen molar-refractivity contribution in [2.24, 2.45) is 12.2 Å². The number of aryl methyl sites for hydroxylation is 2. The molecule has 0 fully saturated rings. The van der Waals surface area contributed by atoms with Crippen LogP contribution in [-0.2, 0) is 18.5 Å². The molecule has 0 saturated heterocycles. The van der Waals surface area contributed by atoms with Gasteiger partial charge in [0.2, 0.25) is 5.82 Å². The summed E-state index contributed by atoms with van der Waals surface area (Å²) in [6.45, 7) is 4.02. The Labute approximate surface area is 218 Å². The molecule has 3 aromatic carbocycles. The number of tetrazole rings is 1. The van der Waals surface area contributed by atoms with E-state index in [1.807, 2.05) is 74.5 Å². The van der Waals surface area contributed by atoms with Crippen molar-refractivity contribution in [1.29, 1.82) is 0 Å². The van der Waals surface area contributed by atoms with E-state index in [9.17, 15) is 0 Å². The number of hydrogen-bond acceptors (Lipinski definition) is 10. The van der Waals surface area contributed by atoms with Gasteiger partial charge in [0.15, 0.2) is 12.3 Å². The number of rotatable bonds is 9. The first-order valence-corrected chi connectivity index (χ1v) is 11.8. The summed E-state index contributed by atoms with van der Waals surface area (Å²) < 4.78 is 19.0. The summed E-state index contributed by atoms with van der Waals surface area (Å²) in [6, 6.07) is 20.8. The van der Waals surface area contributed by atoms with Crippen LogP contribution in [0.5, 0.6) is 17.2 Å². The fraction of sp³-hybridized carbons (Fsp3) is 0.185. The number of nitrogens with zero attached hydrogens (tertiary/aromatic N) is 7. The minimum Gasteiger partial charge on any atom is -0.496 e. The normalized spacial score (nSPS) is 11.4. The summed E-state index contributed by atoms with van der Waals surface area (Å²) in [6.07, 6.45) is 0. The van der Waals surface area contributed by atoms with Crippen molar-refractivity contribution < 1.29 is 18.7 Å². The van der Waals surface area contributed by atoms with Crippen molar-refractivity contribution in [2.75, 3.05) is 7.11 Å². The molecule has 5 rings (SSSR count). The standard InChI is InChI=1S/C27H25N7O4/c1-17-9-8-12-22(18(17)2)37-20-13-14-21(23(15-20)35-4)27-30-28-24(38-27)16-36-31-25(19-10-6-5-7-11-19)26-29-32-33-34(26)3/h5-15H,16H2,1-4H3/b31-25-. The molecular formula is C27H25N7O4. The van der Waals surface area contributed by atoms with Gasteiger partial charge in [-0.25, -0.2) is 4.68 Å². The van der Waals surface area contributed by atoms with E-state index >= 15 is 0 Å². The van der Waals surface area contributed by atoms with E-state index in [4.69, 9.17) is 18.7 Å². The van der Waals surface area contributed by atoms with E-state index < -0.39 is 0 Å². The van der Waals surface area contributed by atoms with Crippen LogP contribution in [0.2, 0.25) is 0 Å². The zero-order valence-electron chi connectivity index (χ0n) is 21.3. The molecule has 0 unspecified atom stereocenters. The molecule has 0 saturated carbocycles. The smallest absolute Gasteiger partial charge is 0.257 e. The highest BCUT2D eigenvalue weighted by Gasteiger charge is 2.17. The molecule has 11 nitrogen and oxygen atoms in total. The Bertz CT molecular complexity index is 1580. The Morgan fingerprint density at radius 2 is 1.79 bits per heavy atom. The van der Waals surface area contributed by atoms with Crippen molar-refractivity contribution in [2.45, 2.75) is 20.5 Å². The molecule has 0 aliphatic rings. The van der Waals surface area contributed by atoms with Crippen molar-refractivity contribution in [3.8, 4) is 28.7 Å². The summed E-state index contributed by atoms with van der Waals surface area (Å²) in [5.74, 6) is 2.92. The fourth-order valence-electron chi connectivity index (χ4n) is 3.69. The Hall–Kier alpha value is -5.06. The van der Waals surface area contributed by atoms with Gasteiger partial charge in [-0.15, -0.1) is 15.3 Å². The van der Waals surface area contributed by atoms with Gasteiger partial charge in [-0.1, -0.05) is 47.6 Å². The lowest BCUT2D eigenvalue weighted by Gasteiger charge is -2.12. The quantitative estimate of drug-likeness (QED) is 0.206. The third kappa shape index (κ3) is 5.21. The summed E-state index contributed by atoms with van der Waals surface area (Å²) >= 11 is 0. The second-order valence-electron chi connectivity index (χ2n) is 8.37. The number of hydrogen-bond donors (Lipinski definition) is 0. The molecule has 38 heavy (non-hydrogen) atoms. The van der Waals surface area contributed by atoms with Crippen LogP contribution in [0.1, 0.15) is 28.4 Å². The molecule has 192 valence electrons. The lowest BCUT2D eigenvalue weighted by Crippen LogP contribution is -2.12. The molecule has 11 heteroatoms. The molecule has 0 atom stereocenters. The molecule has 0 bridgehead atoms. The van der Waals surface area contributed by atoms with Crippen LogP contribution in [0.25, 0.3) is 11.5 Å². The maximum Gasteiger partial charge on any atom is 0.257 e. The molecule has 0 radical (unpaired) electrons. The maximum absolute atomic E-state index is 6.08. The predicted octanol–water partition coefficient (Wildman–Crippen LogP) is 4.65. The van der Waals surface area contributed by atoms with Gasteiger partial charge in [0, 0.05) is 18.7 Å². The Kier molecular flexibility index (Phi) is 7.07. The van der Waals surface area contributed by atoms with E-state index in [1.54, 1.807) is 20.2 Å². The summed E-state index contributed by atoms with van der Waals surface area (Å²) in [5.41, 5.74) is 4.12. The van der Waals surface area contributed by atoms with Crippen molar-refractivity contribution in [3.05, 3.63) is 95.1 Å². The van der Waals surface area contributed by atoms with Crippen LogP contribution in [0, 0.1) is 13.8 Å². The minimum atomic E-state index is -0.0508. The first-order chi connectivity index (χ1) is 18.5. The number of benzene rings is 3. The molecule has 2 heterocycles. The summed E-state index contributed by atoms with van der Waals surface area (Å²) in [7, 11) is 3.30. The lowest BCUT2D eigenvalue weighted by molar-refractivity contribution is 0.111. The van der Waals surface area contributed by atoms with Crippen molar-refractivity contribution >= 4 is 5.71 Å². The molecule has 5 aromatic rings. The Balaban J connectivity index is 1.33. The second kappa shape index (κ2) is 10.9. The highest BCUT2D eigenvalue weighted by atomic mass is 16.6. The average Bonchev–Trinajstić information content (AvgIpc) is 3.59. The van der Waals surface area contributed by atoms with Gasteiger partial charge in [0.25, 0.3) is 11.8 Å². The van der Waals surface area contributed by atoms with Gasteiger partial charge in [0.05, 0.1) is 12.7 Å². The zero-order chi connectivity index (χ0) is 26.5. The molecule has 0 amide bonds. The van der Waals surface area contributed by atoms with Gasteiger partial charge < -0.3 is 18.7 Å². The first kappa shape index (κ1) is 24.6. The predicted molar refractivity (Wildman–Crippen MR) is 138 cm³/mol. The summed E-state index contributed by atoms with van der Waals surface area (Å²) in [5, 5.41) is 24.1. The topological polar surface area (TPSA) is 123 Å². The van der Waals surface area contributed by atoms with Crippen molar-refractivity contribution in [1.82, 2.24) is 30.4 Å². The lowest BCUT2D eigenvalue weighted by atomic mass is 10.1. The largest absolute Gasteiger partial charge is 0.496 e.